The van der Waals surface area contributed by atoms with E-state index in [1.54, 1.807) is 10.7 Å². The summed E-state index contributed by atoms with van der Waals surface area (Å²) in [5.41, 5.74) is 2.47. The average Bonchev–Trinajstić information content (AvgIpc) is 2.72. The van der Waals surface area contributed by atoms with Gasteiger partial charge in [-0.25, -0.2) is 4.39 Å². The molecule has 20 heavy (non-hydrogen) atoms. The largest absolute Gasteiger partial charge is 0.494 e. The van der Waals surface area contributed by atoms with Crippen LogP contribution in [0.25, 0.3) is 0 Å². The van der Waals surface area contributed by atoms with Gasteiger partial charge in [0.05, 0.1) is 35.8 Å². The van der Waals surface area contributed by atoms with Crippen LogP contribution in [0.5, 0.6) is 5.75 Å². The molecule has 0 fully saturated rings. The van der Waals surface area contributed by atoms with E-state index in [-0.39, 0.29) is 5.82 Å². The summed E-state index contributed by atoms with van der Waals surface area (Å²) >= 11 is 6.28. The van der Waals surface area contributed by atoms with Crippen LogP contribution in [-0.2, 0) is 20.0 Å². The Balaban J connectivity index is 2.19. The lowest BCUT2D eigenvalue weighted by atomic mass is 10.2. The van der Waals surface area contributed by atoms with Crippen LogP contribution in [0.15, 0.2) is 18.2 Å². The molecule has 2 aromatic rings. The fourth-order valence-corrected chi connectivity index (χ4v) is 2.36. The number of ether oxygens (including phenoxy) is 1. The Hall–Kier alpha value is -1.75. The number of nitrogens with zero attached hydrogens (tertiary/aromatic N) is 2. The number of hydrogen-bond acceptors (Lipinski definition) is 3. The number of aromatic nitrogens is 2. The minimum absolute atomic E-state index is 0.334. The number of rotatable bonds is 5. The molecular weight excluding hydrogens is 281 g/mol. The molecule has 0 radical (unpaired) electrons. The van der Waals surface area contributed by atoms with Crippen molar-refractivity contribution in [3.8, 4) is 5.75 Å². The zero-order valence-corrected chi connectivity index (χ0v) is 12.5. The third-order valence-electron chi connectivity index (χ3n) is 3.11. The van der Waals surface area contributed by atoms with Gasteiger partial charge >= 0.3 is 0 Å². The maximum Gasteiger partial charge on any atom is 0.144 e. The van der Waals surface area contributed by atoms with E-state index in [0.29, 0.717) is 23.0 Å². The summed E-state index contributed by atoms with van der Waals surface area (Å²) in [7, 11) is 3.36. The van der Waals surface area contributed by atoms with Crippen LogP contribution in [0, 0.1) is 5.82 Å². The summed E-state index contributed by atoms with van der Waals surface area (Å²) in [6.45, 7) is 2.50. The number of methoxy groups -OCH3 is 1. The highest BCUT2D eigenvalue weighted by Gasteiger charge is 2.13. The number of halogens is 2. The zero-order chi connectivity index (χ0) is 14.7. The van der Waals surface area contributed by atoms with Crippen molar-refractivity contribution in [2.45, 2.75) is 19.9 Å². The van der Waals surface area contributed by atoms with Crippen LogP contribution in [0.4, 0.5) is 10.1 Å². The van der Waals surface area contributed by atoms with Crippen molar-refractivity contribution in [3.05, 3.63) is 40.4 Å². The first kappa shape index (κ1) is 14.7. The Kier molecular flexibility index (Phi) is 4.49. The van der Waals surface area contributed by atoms with Gasteiger partial charge in [0.1, 0.15) is 11.6 Å². The van der Waals surface area contributed by atoms with Crippen LogP contribution in [0.3, 0.4) is 0 Å². The minimum atomic E-state index is -0.334. The highest BCUT2D eigenvalue weighted by atomic mass is 35.5. The van der Waals surface area contributed by atoms with Crippen molar-refractivity contribution in [1.82, 2.24) is 9.78 Å². The predicted octanol–water partition coefficient (Wildman–Crippen LogP) is 3.40. The minimum Gasteiger partial charge on any atom is -0.494 e. The molecule has 1 heterocycles. The molecule has 0 atom stereocenters. The summed E-state index contributed by atoms with van der Waals surface area (Å²) in [4.78, 5) is 0. The van der Waals surface area contributed by atoms with Crippen LogP contribution in [0.1, 0.15) is 18.3 Å². The van der Waals surface area contributed by atoms with E-state index in [1.807, 2.05) is 14.0 Å². The Bertz CT molecular complexity index is 613. The molecule has 0 aliphatic rings. The molecule has 0 unspecified atom stereocenters. The molecule has 0 aliphatic carbocycles. The summed E-state index contributed by atoms with van der Waals surface area (Å²) in [5.74, 6) is 0.123. The highest BCUT2D eigenvalue weighted by Crippen LogP contribution is 2.27. The second-order valence-electron chi connectivity index (χ2n) is 4.38. The van der Waals surface area contributed by atoms with E-state index >= 15 is 0 Å². The molecule has 0 amide bonds. The van der Waals surface area contributed by atoms with E-state index in [2.05, 4.69) is 10.4 Å². The number of benzene rings is 1. The summed E-state index contributed by atoms with van der Waals surface area (Å²) in [5, 5.41) is 8.21. The van der Waals surface area contributed by atoms with Crippen molar-refractivity contribution in [1.29, 1.82) is 0 Å². The first-order chi connectivity index (χ1) is 9.56. The number of anilines is 1. The maximum absolute atomic E-state index is 13.1. The lowest BCUT2D eigenvalue weighted by Crippen LogP contribution is -2.07. The van der Waals surface area contributed by atoms with Crippen LogP contribution in [0.2, 0.25) is 5.02 Å². The molecule has 0 saturated heterocycles. The summed E-state index contributed by atoms with van der Waals surface area (Å²) < 4.78 is 20.0. The maximum atomic E-state index is 13.1. The Labute approximate surface area is 122 Å². The van der Waals surface area contributed by atoms with Gasteiger partial charge in [0, 0.05) is 13.1 Å². The van der Waals surface area contributed by atoms with Gasteiger partial charge in [0.15, 0.2) is 0 Å². The molecule has 1 N–H and O–H groups in total. The van der Waals surface area contributed by atoms with Crippen molar-refractivity contribution in [2.75, 3.05) is 12.4 Å². The highest BCUT2D eigenvalue weighted by molar-refractivity contribution is 6.31. The quantitative estimate of drug-likeness (QED) is 0.919. The molecule has 0 aliphatic heterocycles. The number of nitrogens with one attached hydrogen (secondary N) is 1. The van der Waals surface area contributed by atoms with Crippen LogP contribution >= 0.6 is 11.6 Å². The van der Waals surface area contributed by atoms with Gasteiger partial charge in [-0.15, -0.1) is 0 Å². The van der Waals surface area contributed by atoms with Crippen molar-refractivity contribution < 1.29 is 9.13 Å². The summed E-state index contributed by atoms with van der Waals surface area (Å²) in [6.07, 6.45) is 0.784. The average molecular weight is 298 g/mol. The zero-order valence-electron chi connectivity index (χ0n) is 11.7. The third kappa shape index (κ3) is 2.88. The number of hydrogen-bond donors (Lipinski definition) is 1. The summed E-state index contributed by atoms with van der Waals surface area (Å²) in [6, 6.07) is 4.36. The molecule has 0 saturated carbocycles. The Morgan fingerprint density at radius 3 is 2.80 bits per heavy atom. The third-order valence-corrected chi connectivity index (χ3v) is 3.55. The van der Waals surface area contributed by atoms with Crippen LogP contribution < -0.4 is 10.1 Å². The molecule has 2 rings (SSSR count). The molecule has 6 heteroatoms. The van der Waals surface area contributed by atoms with Gasteiger partial charge in [0.2, 0.25) is 0 Å². The lowest BCUT2D eigenvalue weighted by molar-refractivity contribution is 0.413. The van der Waals surface area contributed by atoms with Gasteiger partial charge in [-0.3, -0.25) is 4.68 Å². The fourth-order valence-electron chi connectivity index (χ4n) is 2.00. The van der Waals surface area contributed by atoms with Gasteiger partial charge in [-0.05, 0) is 18.6 Å². The molecule has 0 spiro atoms. The second-order valence-corrected chi connectivity index (χ2v) is 4.76. The molecule has 108 valence electrons. The monoisotopic (exact) mass is 297 g/mol. The first-order valence-corrected chi connectivity index (χ1v) is 6.72. The molecular formula is C14H17ClFN3O. The Morgan fingerprint density at radius 1 is 1.45 bits per heavy atom. The fraction of sp³-hybridized carbons (Fsp3) is 0.357. The van der Waals surface area contributed by atoms with Crippen molar-refractivity contribution in [2.24, 2.45) is 7.05 Å². The van der Waals surface area contributed by atoms with Gasteiger partial charge in [-0.2, -0.15) is 5.10 Å². The van der Waals surface area contributed by atoms with Gasteiger partial charge in [0.25, 0.3) is 0 Å². The topological polar surface area (TPSA) is 39.1 Å². The van der Waals surface area contributed by atoms with Crippen LogP contribution in [-0.4, -0.2) is 16.9 Å². The molecule has 4 nitrogen and oxygen atoms in total. The van der Waals surface area contributed by atoms with E-state index in [0.717, 1.165) is 17.8 Å². The molecule has 1 aromatic carbocycles. The predicted molar refractivity (Wildman–Crippen MR) is 77.9 cm³/mol. The van der Waals surface area contributed by atoms with Gasteiger partial charge in [-0.1, -0.05) is 18.5 Å². The number of aryl methyl sites for hydroxylation is 2. The van der Waals surface area contributed by atoms with E-state index < -0.39 is 0 Å². The normalized spacial score (nSPS) is 10.7. The van der Waals surface area contributed by atoms with Gasteiger partial charge < -0.3 is 10.1 Å². The standard InChI is InChI=1S/C14H17ClFN3O/c1-4-10-14(15)12(19(2)18-10)8-17-11-6-5-9(16)7-13(11)20-3/h5-7,17H,4,8H2,1-3H3. The smallest absolute Gasteiger partial charge is 0.144 e. The van der Waals surface area contributed by atoms with E-state index in [4.69, 9.17) is 16.3 Å². The molecule has 1 aromatic heterocycles. The second kappa shape index (κ2) is 6.13. The van der Waals surface area contributed by atoms with Crippen molar-refractivity contribution >= 4 is 17.3 Å². The SMILES string of the molecule is CCc1nn(C)c(CNc2ccc(F)cc2OC)c1Cl. The van der Waals surface area contributed by atoms with E-state index in [1.165, 1.54) is 19.2 Å². The molecule has 0 bridgehead atoms. The Morgan fingerprint density at radius 2 is 2.20 bits per heavy atom. The first-order valence-electron chi connectivity index (χ1n) is 6.34. The van der Waals surface area contributed by atoms with Crippen molar-refractivity contribution in [3.63, 3.8) is 0 Å². The lowest BCUT2D eigenvalue weighted by Gasteiger charge is -2.11. The van der Waals surface area contributed by atoms with E-state index in [9.17, 15) is 4.39 Å².